The van der Waals surface area contributed by atoms with E-state index >= 15 is 0 Å². The molecule has 0 radical (unpaired) electrons. The molecule has 8 nitrogen and oxygen atoms in total. The van der Waals surface area contributed by atoms with Gasteiger partial charge in [0.2, 0.25) is 5.91 Å². The van der Waals surface area contributed by atoms with Crippen molar-refractivity contribution >= 4 is 38.7 Å². The first-order valence-electron chi connectivity index (χ1n) is 11.2. The summed E-state index contributed by atoms with van der Waals surface area (Å²) in [7, 11) is -3.83. The molecule has 10 heteroatoms. The number of rotatable bonds is 8. The zero-order valence-electron chi connectivity index (χ0n) is 19.2. The molecule has 0 aromatic heterocycles. The highest BCUT2D eigenvalue weighted by molar-refractivity contribution is 7.92. The summed E-state index contributed by atoms with van der Waals surface area (Å²) in [5.74, 6) is -0.715. The quantitative estimate of drug-likeness (QED) is 0.436. The molecule has 1 aliphatic heterocycles. The van der Waals surface area contributed by atoms with Crippen LogP contribution in [0.4, 0.5) is 27.1 Å². The van der Waals surface area contributed by atoms with Gasteiger partial charge in [-0.15, -0.1) is 0 Å². The number of hydrogen-bond donors (Lipinski definition) is 3. The Hall–Kier alpha value is -3.63. The van der Waals surface area contributed by atoms with E-state index in [-0.39, 0.29) is 10.8 Å². The fourth-order valence-corrected chi connectivity index (χ4v) is 4.66. The molecule has 35 heavy (non-hydrogen) atoms. The lowest BCUT2D eigenvalue weighted by Gasteiger charge is -2.29. The number of benzene rings is 3. The number of anilines is 4. The highest BCUT2D eigenvalue weighted by atomic mass is 32.2. The summed E-state index contributed by atoms with van der Waals surface area (Å²) in [6.07, 6.45) is 0. The van der Waals surface area contributed by atoms with E-state index in [1.807, 2.05) is 24.3 Å². The van der Waals surface area contributed by atoms with Crippen molar-refractivity contribution in [2.45, 2.75) is 17.9 Å². The maximum absolute atomic E-state index is 13.1. The van der Waals surface area contributed by atoms with Crippen LogP contribution in [0, 0.1) is 5.82 Å². The number of halogens is 1. The van der Waals surface area contributed by atoms with Gasteiger partial charge in [-0.3, -0.25) is 9.52 Å². The largest absolute Gasteiger partial charge is 0.378 e. The summed E-state index contributed by atoms with van der Waals surface area (Å²) in [5, 5.41) is 5.99. The Labute approximate surface area is 204 Å². The van der Waals surface area contributed by atoms with Crippen molar-refractivity contribution < 1.29 is 22.3 Å². The van der Waals surface area contributed by atoms with Crippen LogP contribution in [0.25, 0.3) is 0 Å². The number of carbonyl (C=O) groups is 1. The second-order valence-corrected chi connectivity index (χ2v) is 9.82. The van der Waals surface area contributed by atoms with E-state index in [1.165, 1.54) is 12.1 Å². The first kappa shape index (κ1) is 24.5. The van der Waals surface area contributed by atoms with E-state index in [4.69, 9.17) is 4.74 Å². The Balaban J connectivity index is 1.31. The average Bonchev–Trinajstić information content (AvgIpc) is 2.86. The van der Waals surface area contributed by atoms with E-state index in [0.717, 1.165) is 30.9 Å². The first-order chi connectivity index (χ1) is 16.8. The maximum Gasteiger partial charge on any atom is 0.261 e. The van der Waals surface area contributed by atoms with Crippen molar-refractivity contribution in [3.05, 3.63) is 78.6 Å². The minimum Gasteiger partial charge on any atom is -0.378 e. The van der Waals surface area contributed by atoms with Crippen molar-refractivity contribution in [3.63, 3.8) is 0 Å². The fourth-order valence-electron chi connectivity index (χ4n) is 3.61. The number of sulfonamides is 1. The summed E-state index contributed by atoms with van der Waals surface area (Å²) in [5.41, 5.74) is 2.79. The Morgan fingerprint density at radius 3 is 2.09 bits per heavy atom. The predicted molar refractivity (Wildman–Crippen MR) is 135 cm³/mol. The molecule has 0 bridgehead atoms. The monoisotopic (exact) mass is 498 g/mol. The lowest BCUT2D eigenvalue weighted by atomic mass is 10.2. The van der Waals surface area contributed by atoms with Crippen LogP contribution < -0.4 is 20.3 Å². The molecule has 0 spiro atoms. The summed E-state index contributed by atoms with van der Waals surface area (Å²) in [6, 6.07) is 18.2. The maximum atomic E-state index is 13.1. The fraction of sp³-hybridized carbons (Fsp3) is 0.240. The zero-order chi connectivity index (χ0) is 24.8. The number of nitrogens with one attached hydrogen (secondary N) is 3. The van der Waals surface area contributed by atoms with E-state index in [2.05, 4.69) is 20.3 Å². The van der Waals surface area contributed by atoms with Gasteiger partial charge in [0, 0.05) is 35.8 Å². The third kappa shape index (κ3) is 6.49. The SMILES string of the molecule is C[C@@H](Nc1ccc(NS(=O)(=O)c2ccc(F)cc2)cc1)C(=O)Nc1ccc(N2CCOCC2)cc1. The lowest BCUT2D eigenvalue weighted by molar-refractivity contribution is -0.116. The van der Waals surface area contributed by atoms with Crippen LogP contribution in [0.3, 0.4) is 0 Å². The van der Waals surface area contributed by atoms with Gasteiger partial charge in [0.25, 0.3) is 10.0 Å². The molecule has 3 aromatic rings. The lowest BCUT2D eigenvalue weighted by Crippen LogP contribution is -2.36. The van der Waals surface area contributed by atoms with Gasteiger partial charge >= 0.3 is 0 Å². The summed E-state index contributed by atoms with van der Waals surface area (Å²) >= 11 is 0. The molecule has 1 atom stereocenters. The molecule has 0 unspecified atom stereocenters. The summed E-state index contributed by atoms with van der Waals surface area (Å²) in [6.45, 7) is 4.85. The minimum atomic E-state index is -3.83. The summed E-state index contributed by atoms with van der Waals surface area (Å²) in [4.78, 5) is 14.8. The van der Waals surface area contributed by atoms with Crippen molar-refractivity contribution in [1.29, 1.82) is 0 Å². The Kier molecular flexibility index (Phi) is 7.52. The van der Waals surface area contributed by atoms with Gasteiger partial charge < -0.3 is 20.3 Å². The summed E-state index contributed by atoms with van der Waals surface area (Å²) < 4.78 is 45.8. The van der Waals surface area contributed by atoms with Crippen LogP contribution >= 0.6 is 0 Å². The number of nitrogens with zero attached hydrogens (tertiary/aromatic N) is 1. The molecule has 184 valence electrons. The first-order valence-corrected chi connectivity index (χ1v) is 12.7. The van der Waals surface area contributed by atoms with Gasteiger partial charge in [0.15, 0.2) is 0 Å². The van der Waals surface area contributed by atoms with Crippen LogP contribution in [0.2, 0.25) is 0 Å². The topological polar surface area (TPSA) is 99.8 Å². The number of ether oxygens (including phenoxy) is 1. The van der Waals surface area contributed by atoms with Gasteiger partial charge in [-0.1, -0.05) is 0 Å². The number of amides is 1. The normalized spacial score (nSPS) is 14.7. The van der Waals surface area contributed by atoms with Crippen molar-refractivity contribution in [2.75, 3.05) is 46.6 Å². The Morgan fingerprint density at radius 1 is 0.886 bits per heavy atom. The molecule has 1 heterocycles. The van der Waals surface area contributed by atoms with Crippen molar-refractivity contribution in [2.24, 2.45) is 0 Å². The van der Waals surface area contributed by atoms with Crippen LogP contribution in [0.5, 0.6) is 0 Å². The molecule has 0 aliphatic carbocycles. The molecular weight excluding hydrogens is 471 g/mol. The molecule has 3 aromatic carbocycles. The minimum absolute atomic E-state index is 0.0376. The van der Waals surface area contributed by atoms with Gasteiger partial charge in [0.05, 0.1) is 18.1 Å². The molecular formula is C25H27FN4O4S. The van der Waals surface area contributed by atoms with E-state index in [9.17, 15) is 17.6 Å². The Morgan fingerprint density at radius 2 is 1.46 bits per heavy atom. The molecule has 1 amide bonds. The second kappa shape index (κ2) is 10.7. The zero-order valence-corrected chi connectivity index (χ0v) is 20.0. The molecule has 1 aliphatic rings. The third-order valence-electron chi connectivity index (χ3n) is 5.55. The van der Waals surface area contributed by atoms with Gasteiger partial charge in [-0.05, 0) is 79.7 Å². The smallest absolute Gasteiger partial charge is 0.261 e. The predicted octanol–water partition coefficient (Wildman–Crippen LogP) is 3.90. The van der Waals surface area contributed by atoms with Crippen LogP contribution in [-0.4, -0.2) is 46.7 Å². The van der Waals surface area contributed by atoms with Gasteiger partial charge in [-0.25, -0.2) is 12.8 Å². The van der Waals surface area contributed by atoms with Crippen molar-refractivity contribution in [3.8, 4) is 0 Å². The van der Waals surface area contributed by atoms with Crippen LogP contribution in [0.1, 0.15) is 6.92 Å². The van der Waals surface area contributed by atoms with E-state index < -0.39 is 21.9 Å². The third-order valence-corrected chi connectivity index (χ3v) is 6.95. The molecule has 1 fully saturated rings. The molecule has 4 rings (SSSR count). The average molecular weight is 499 g/mol. The Bertz CT molecular complexity index is 1240. The molecule has 0 saturated carbocycles. The molecule has 3 N–H and O–H groups in total. The van der Waals surface area contributed by atoms with Crippen LogP contribution in [0.15, 0.2) is 77.7 Å². The number of morpholine rings is 1. The van der Waals surface area contributed by atoms with E-state index in [0.29, 0.717) is 30.3 Å². The number of carbonyl (C=O) groups excluding carboxylic acids is 1. The van der Waals surface area contributed by atoms with Gasteiger partial charge in [-0.2, -0.15) is 0 Å². The highest BCUT2D eigenvalue weighted by Crippen LogP contribution is 2.21. The van der Waals surface area contributed by atoms with Crippen LogP contribution in [-0.2, 0) is 19.6 Å². The van der Waals surface area contributed by atoms with E-state index in [1.54, 1.807) is 31.2 Å². The standard InChI is InChI=1S/C25H27FN4O4S/c1-18(25(31)28-21-8-10-23(11-9-21)30-14-16-34-17-15-30)27-20-4-6-22(7-5-20)29-35(32,33)24-12-2-19(26)3-13-24/h2-13,18,27,29H,14-17H2,1H3,(H,28,31)/t18-/m1/s1. The second-order valence-electron chi connectivity index (χ2n) is 8.14. The highest BCUT2D eigenvalue weighted by Gasteiger charge is 2.16. The number of hydrogen-bond acceptors (Lipinski definition) is 6. The van der Waals surface area contributed by atoms with Crippen molar-refractivity contribution in [1.82, 2.24) is 0 Å². The van der Waals surface area contributed by atoms with Gasteiger partial charge in [0.1, 0.15) is 11.9 Å². The molecule has 1 saturated heterocycles.